The normalized spacial score (nSPS) is 10.4. The Morgan fingerprint density at radius 1 is 0.950 bits per heavy atom. The lowest BCUT2D eigenvalue weighted by Gasteiger charge is -2.08. The third-order valence-electron chi connectivity index (χ3n) is 3.35. The molecule has 0 amide bonds. The number of hydrogen-bond acceptors (Lipinski definition) is 2. The molecule has 106 valence electrons. The highest BCUT2D eigenvalue weighted by atomic mass is 16.5. The molecule has 0 spiro atoms. The zero-order chi connectivity index (χ0) is 14.2. The van der Waals surface area contributed by atoms with E-state index in [9.17, 15) is 0 Å². The van der Waals surface area contributed by atoms with E-state index in [-0.39, 0.29) is 0 Å². The molecule has 0 unspecified atom stereocenters. The molecule has 20 heavy (non-hydrogen) atoms. The summed E-state index contributed by atoms with van der Waals surface area (Å²) in [5.74, 6) is 0.909. The highest BCUT2D eigenvalue weighted by molar-refractivity contribution is 5.40. The molecule has 0 fully saturated rings. The van der Waals surface area contributed by atoms with Crippen LogP contribution < -0.4 is 10.5 Å². The van der Waals surface area contributed by atoms with Gasteiger partial charge in [0.1, 0.15) is 12.4 Å². The van der Waals surface area contributed by atoms with E-state index in [0.29, 0.717) is 6.61 Å². The van der Waals surface area contributed by atoms with Crippen molar-refractivity contribution < 1.29 is 4.74 Å². The summed E-state index contributed by atoms with van der Waals surface area (Å²) in [5.41, 5.74) is 9.00. The van der Waals surface area contributed by atoms with Crippen molar-refractivity contribution in [3.05, 3.63) is 59.7 Å². The van der Waals surface area contributed by atoms with Gasteiger partial charge in [0, 0.05) is 5.69 Å². The summed E-state index contributed by atoms with van der Waals surface area (Å²) in [6.07, 6.45) is 4.98. The maximum atomic E-state index is 5.77. The summed E-state index contributed by atoms with van der Waals surface area (Å²) < 4.78 is 5.77. The SMILES string of the molecule is CCCCCc1ccc(OCc2cccc(N)c2)cc1. The van der Waals surface area contributed by atoms with Crippen LogP contribution in [0.25, 0.3) is 0 Å². The van der Waals surface area contributed by atoms with Crippen molar-refractivity contribution >= 4 is 5.69 Å². The Kier molecular flexibility index (Phi) is 5.48. The van der Waals surface area contributed by atoms with Gasteiger partial charge in [-0.3, -0.25) is 0 Å². The van der Waals surface area contributed by atoms with Gasteiger partial charge in [-0.05, 0) is 48.2 Å². The van der Waals surface area contributed by atoms with Crippen LogP contribution in [0.2, 0.25) is 0 Å². The van der Waals surface area contributed by atoms with E-state index < -0.39 is 0 Å². The molecule has 0 aliphatic heterocycles. The number of anilines is 1. The first-order valence-corrected chi connectivity index (χ1v) is 7.34. The quantitative estimate of drug-likeness (QED) is 0.590. The van der Waals surface area contributed by atoms with Gasteiger partial charge in [0.05, 0.1) is 0 Å². The lowest BCUT2D eigenvalue weighted by molar-refractivity contribution is 0.306. The number of hydrogen-bond donors (Lipinski definition) is 1. The summed E-state index contributed by atoms with van der Waals surface area (Å²) >= 11 is 0. The maximum Gasteiger partial charge on any atom is 0.119 e. The molecule has 2 N–H and O–H groups in total. The Bertz CT molecular complexity index is 519. The van der Waals surface area contributed by atoms with Crippen LogP contribution in [0.3, 0.4) is 0 Å². The molecule has 0 atom stereocenters. The van der Waals surface area contributed by atoms with Crippen molar-refractivity contribution in [2.45, 2.75) is 39.2 Å². The second kappa shape index (κ2) is 7.59. The Morgan fingerprint density at radius 2 is 1.75 bits per heavy atom. The minimum Gasteiger partial charge on any atom is -0.489 e. The molecule has 0 saturated carbocycles. The monoisotopic (exact) mass is 269 g/mol. The second-order valence-electron chi connectivity index (χ2n) is 5.13. The number of rotatable bonds is 7. The third kappa shape index (κ3) is 4.61. The highest BCUT2D eigenvalue weighted by Gasteiger charge is 1.98. The van der Waals surface area contributed by atoms with Crippen LogP contribution in [0, 0.1) is 0 Å². The molecular weight excluding hydrogens is 246 g/mol. The molecule has 0 aromatic heterocycles. The Morgan fingerprint density at radius 3 is 2.45 bits per heavy atom. The van der Waals surface area contributed by atoms with Gasteiger partial charge in [-0.2, -0.15) is 0 Å². The predicted octanol–water partition coefficient (Wildman–Crippen LogP) is 4.58. The minimum atomic E-state index is 0.556. The third-order valence-corrected chi connectivity index (χ3v) is 3.35. The number of unbranched alkanes of at least 4 members (excludes halogenated alkanes) is 2. The summed E-state index contributed by atoms with van der Waals surface area (Å²) in [7, 11) is 0. The zero-order valence-electron chi connectivity index (χ0n) is 12.1. The van der Waals surface area contributed by atoms with Gasteiger partial charge in [-0.1, -0.05) is 44.0 Å². The molecule has 0 aliphatic carbocycles. The van der Waals surface area contributed by atoms with Gasteiger partial charge in [0.2, 0.25) is 0 Å². The Balaban J connectivity index is 1.84. The smallest absolute Gasteiger partial charge is 0.119 e. The van der Waals surface area contributed by atoms with Crippen molar-refractivity contribution in [1.82, 2.24) is 0 Å². The summed E-state index contributed by atoms with van der Waals surface area (Å²) in [5, 5.41) is 0. The molecular formula is C18H23NO. The number of ether oxygens (including phenoxy) is 1. The number of nitrogens with two attached hydrogens (primary N) is 1. The van der Waals surface area contributed by atoms with Gasteiger partial charge >= 0.3 is 0 Å². The van der Waals surface area contributed by atoms with E-state index in [1.165, 1.54) is 24.8 Å². The number of aryl methyl sites for hydroxylation is 1. The van der Waals surface area contributed by atoms with Gasteiger partial charge in [-0.25, -0.2) is 0 Å². The van der Waals surface area contributed by atoms with E-state index in [4.69, 9.17) is 10.5 Å². The van der Waals surface area contributed by atoms with E-state index in [2.05, 4.69) is 19.1 Å². The summed E-state index contributed by atoms with van der Waals surface area (Å²) in [6.45, 7) is 2.79. The molecule has 0 heterocycles. The van der Waals surface area contributed by atoms with Crippen LogP contribution in [0.15, 0.2) is 48.5 Å². The van der Waals surface area contributed by atoms with E-state index in [1.54, 1.807) is 0 Å². The first-order chi connectivity index (χ1) is 9.78. The molecule has 0 bridgehead atoms. The van der Waals surface area contributed by atoms with Crippen LogP contribution in [0.1, 0.15) is 37.3 Å². The molecule has 2 rings (SSSR count). The van der Waals surface area contributed by atoms with Gasteiger partial charge in [0.25, 0.3) is 0 Å². The fourth-order valence-electron chi connectivity index (χ4n) is 2.18. The first-order valence-electron chi connectivity index (χ1n) is 7.34. The van der Waals surface area contributed by atoms with E-state index >= 15 is 0 Å². The first kappa shape index (κ1) is 14.4. The van der Waals surface area contributed by atoms with Crippen molar-refractivity contribution in [2.24, 2.45) is 0 Å². The fourth-order valence-corrected chi connectivity index (χ4v) is 2.18. The highest BCUT2D eigenvalue weighted by Crippen LogP contribution is 2.16. The largest absolute Gasteiger partial charge is 0.489 e. The predicted molar refractivity (Wildman–Crippen MR) is 84.9 cm³/mol. The van der Waals surface area contributed by atoms with Crippen LogP contribution in [-0.2, 0) is 13.0 Å². The summed E-state index contributed by atoms with van der Waals surface area (Å²) in [6, 6.07) is 16.2. The minimum absolute atomic E-state index is 0.556. The lowest BCUT2D eigenvalue weighted by Crippen LogP contribution is -1.96. The van der Waals surface area contributed by atoms with E-state index in [1.807, 2.05) is 36.4 Å². The van der Waals surface area contributed by atoms with Crippen molar-refractivity contribution in [2.75, 3.05) is 5.73 Å². The Labute approximate surface area is 121 Å². The van der Waals surface area contributed by atoms with E-state index in [0.717, 1.165) is 23.4 Å². The number of benzene rings is 2. The average Bonchev–Trinajstić information content (AvgIpc) is 2.47. The van der Waals surface area contributed by atoms with Crippen molar-refractivity contribution in [3.8, 4) is 5.75 Å². The zero-order valence-corrected chi connectivity index (χ0v) is 12.1. The van der Waals surface area contributed by atoms with Crippen LogP contribution in [0.5, 0.6) is 5.75 Å². The maximum absolute atomic E-state index is 5.77. The molecule has 0 saturated heterocycles. The lowest BCUT2D eigenvalue weighted by atomic mass is 10.1. The Hall–Kier alpha value is -1.96. The van der Waals surface area contributed by atoms with Gasteiger partial charge in [0.15, 0.2) is 0 Å². The molecule has 2 nitrogen and oxygen atoms in total. The molecule has 2 aromatic rings. The molecule has 2 aromatic carbocycles. The topological polar surface area (TPSA) is 35.2 Å². The van der Waals surface area contributed by atoms with Crippen LogP contribution >= 0.6 is 0 Å². The van der Waals surface area contributed by atoms with Crippen LogP contribution in [-0.4, -0.2) is 0 Å². The molecule has 0 aliphatic rings. The summed E-state index contributed by atoms with van der Waals surface area (Å²) in [4.78, 5) is 0. The van der Waals surface area contributed by atoms with Crippen LogP contribution in [0.4, 0.5) is 5.69 Å². The number of nitrogen functional groups attached to an aromatic ring is 1. The average molecular weight is 269 g/mol. The molecule has 2 heteroatoms. The molecule has 0 radical (unpaired) electrons. The second-order valence-corrected chi connectivity index (χ2v) is 5.13. The fraction of sp³-hybridized carbons (Fsp3) is 0.333. The van der Waals surface area contributed by atoms with Gasteiger partial charge < -0.3 is 10.5 Å². The van der Waals surface area contributed by atoms with Crippen molar-refractivity contribution in [1.29, 1.82) is 0 Å². The standard InChI is InChI=1S/C18H23NO/c1-2-3-4-6-15-9-11-18(12-10-15)20-14-16-7-5-8-17(19)13-16/h5,7-13H,2-4,6,14,19H2,1H3. The van der Waals surface area contributed by atoms with Gasteiger partial charge in [-0.15, -0.1) is 0 Å². The van der Waals surface area contributed by atoms with Crippen molar-refractivity contribution in [3.63, 3.8) is 0 Å².